The molecule has 27 heavy (non-hydrogen) atoms. The second kappa shape index (κ2) is 7.44. The second-order valence-corrected chi connectivity index (χ2v) is 7.97. The van der Waals surface area contributed by atoms with Gasteiger partial charge in [-0.05, 0) is 44.6 Å². The van der Waals surface area contributed by atoms with Crippen LogP contribution < -0.4 is 4.90 Å². The van der Waals surface area contributed by atoms with Gasteiger partial charge >= 0.3 is 0 Å². The Morgan fingerprint density at radius 1 is 1.04 bits per heavy atom. The van der Waals surface area contributed by atoms with Crippen LogP contribution in [0.5, 0.6) is 0 Å². The summed E-state index contributed by atoms with van der Waals surface area (Å²) in [5.41, 5.74) is -0.768. The van der Waals surface area contributed by atoms with Crippen LogP contribution in [0.15, 0.2) is 18.5 Å². The molecule has 3 heterocycles. The van der Waals surface area contributed by atoms with Crippen molar-refractivity contribution in [3.8, 4) is 0 Å². The first-order valence-corrected chi connectivity index (χ1v) is 10.3. The molecule has 4 rings (SSSR count). The van der Waals surface area contributed by atoms with E-state index in [1.54, 1.807) is 18.5 Å². The Morgan fingerprint density at radius 3 is 2.37 bits per heavy atom. The minimum absolute atomic E-state index is 0.0431. The van der Waals surface area contributed by atoms with E-state index in [1.807, 2.05) is 9.80 Å². The third kappa shape index (κ3) is 3.39. The van der Waals surface area contributed by atoms with E-state index in [9.17, 15) is 9.59 Å². The Kier molecular flexibility index (Phi) is 5.02. The topological polar surface area (TPSA) is 69.6 Å². The fraction of sp³-hybridized carbons (Fsp3) is 0.700. The average Bonchev–Trinajstić information content (AvgIpc) is 3.55. The molecule has 1 atom stereocenters. The number of piperazine rings is 1. The number of piperidine rings is 1. The smallest absolute Gasteiger partial charge is 0.238 e. The average molecular weight is 371 g/mol. The molecule has 1 saturated carbocycles. The van der Waals surface area contributed by atoms with Gasteiger partial charge in [0.05, 0.1) is 0 Å². The monoisotopic (exact) mass is 371 g/mol. The number of hydrogen-bond acceptors (Lipinski definition) is 5. The molecule has 2 aliphatic heterocycles. The van der Waals surface area contributed by atoms with E-state index in [0.717, 1.165) is 25.8 Å². The maximum atomic E-state index is 13.3. The van der Waals surface area contributed by atoms with E-state index in [4.69, 9.17) is 0 Å². The van der Waals surface area contributed by atoms with Crippen LogP contribution in [-0.2, 0) is 9.59 Å². The molecule has 1 unspecified atom stereocenters. The van der Waals surface area contributed by atoms with E-state index >= 15 is 0 Å². The van der Waals surface area contributed by atoms with Crippen molar-refractivity contribution in [3.05, 3.63) is 18.5 Å². The van der Waals surface area contributed by atoms with Crippen LogP contribution in [0.25, 0.3) is 0 Å². The first kappa shape index (κ1) is 18.2. The SMILES string of the molecule is CCC1CCCCN1C(=O)C1(C(=O)N2CCN(c3ncccn3)CC2)CC1. The number of carbonyl (C=O) groups excluding carboxylic acids is 2. The predicted octanol–water partition coefficient (Wildman–Crippen LogP) is 1.70. The molecule has 0 bridgehead atoms. The zero-order valence-corrected chi connectivity index (χ0v) is 16.1. The molecule has 2 amide bonds. The largest absolute Gasteiger partial charge is 0.339 e. The van der Waals surface area contributed by atoms with Crippen LogP contribution in [-0.4, -0.2) is 70.3 Å². The zero-order valence-electron chi connectivity index (χ0n) is 16.1. The number of carbonyl (C=O) groups is 2. The molecule has 7 heteroatoms. The van der Waals surface area contributed by atoms with E-state index < -0.39 is 5.41 Å². The molecule has 0 spiro atoms. The van der Waals surface area contributed by atoms with Crippen molar-refractivity contribution in [3.63, 3.8) is 0 Å². The van der Waals surface area contributed by atoms with Gasteiger partial charge in [0.1, 0.15) is 5.41 Å². The summed E-state index contributed by atoms with van der Waals surface area (Å²) in [5.74, 6) is 0.843. The maximum absolute atomic E-state index is 13.3. The highest BCUT2D eigenvalue weighted by Crippen LogP contribution is 2.49. The van der Waals surface area contributed by atoms with Crippen LogP contribution in [0.4, 0.5) is 5.95 Å². The van der Waals surface area contributed by atoms with Crippen molar-refractivity contribution in [1.29, 1.82) is 0 Å². The molecular formula is C20H29N5O2. The summed E-state index contributed by atoms with van der Waals surface area (Å²) in [5, 5.41) is 0. The lowest BCUT2D eigenvalue weighted by molar-refractivity contribution is -0.152. The molecule has 1 aliphatic carbocycles. The fourth-order valence-electron chi connectivity index (χ4n) is 4.48. The number of rotatable bonds is 4. The Morgan fingerprint density at radius 2 is 1.74 bits per heavy atom. The molecule has 3 aliphatic rings. The lowest BCUT2D eigenvalue weighted by atomic mass is 9.95. The van der Waals surface area contributed by atoms with Gasteiger partial charge in [-0.3, -0.25) is 9.59 Å². The third-order valence-corrected chi connectivity index (χ3v) is 6.33. The van der Waals surface area contributed by atoms with Crippen molar-refractivity contribution in [1.82, 2.24) is 19.8 Å². The minimum atomic E-state index is -0.768. The standard InChI is InChI=1S/C20H29N5O2/c1-2-16-6-3-4-11-25(16)18(27)20(7-8-20)17(26)23-12-14-24(15-13-23)19-21-9-5-10-22-19/h5,9-10,16H,2-4,6-8,11-15H2,1H3. The number of nitrogens with zero attached hydrogens (tertiary/aromatic N) is 5. The summed E-state index contributed by atoms with van der Waals surface area (Å²) in [6.45, 7) is 5.63. The third-order valence-electron chi connectivity index (χ3n) is 6.33. The summed E-state index contributed by atoms with van der Waals surface area (Å²) in [4.78, 5) is 41.1. The van der Waals surface area contributed by atoms with Crippen LogP contribution in [0.2, 0.25) is 0 Å². The molecular weight excluding hydrogens is 342 g/mol. The Bertz CT molecular complexity index is 683. The maximum Gasteiger partial charge on any atom is 0.238 e. The van der Waals surface area contributed by atoms with Crippen LogP contribution in [0, 0.1) is 5.41 Å². The first-order chi connectivity index (χ1) is 13.2. The number of likely N-dealkylation sites (tertiary alicyclic amines) is 1. The lowest BCUT2D eigenvalue weighted by Gasteiger charge is -2.40. The van der Waals surface area contributed by atoms with Gasteiger partial charge < -0.3 is 14.7 Å². The van der Waals surface area contributed by atoms with Crippen molar-refractivity contribution >= 4 is 17.8 Å². The Labute approximate surface area is 160 Å². The number of anilines is 1. The van der Waals surface area contributed by atoms with Gasteiger partial charge in [-0.2, -0.15) is 0 Å². The number of hydrogen-bond donors (Lipinski definition) is 0. The van der Waals surface area contributed by atoms with Crippen LogP contribution in [0.3, 0.4) is 0 Å². The van der Waals surface area contributed by atoms with E-state index in [-0.39, 0.29) is 11.8 Å². The van der Waals surface area contributed by atoms with Gasteiger partial charge in [0.15, 0.2) is 0 Å². The fourth-order valence-corrected chi connectivity index (χ4v) is 4.48. The van der Waals surface area contributed by atoms with Crippen molar-refractivity contribution < 1.29 is 9.59 Å². The predicted molar refractivity (Wildman–Crippen MR) is 102 cm³/mol. The molecule has 2 saturated heterocycles. The highest BCUT2D eigenvalue weighted by molar-refractivity contribution is 6.08. The van der Waals surface area contributed by atoms with Gasteiger partial charge in [-0.25, -0.2) is 9.97 Å². The minimum Gasteiger partial charge on any atom is -0.339 e. The lowest BCUT2D eigenvalue weighted by Crippen LogP contribution is -2.55. The van der Waals surface area contributed by atoms with Gasteiger partial charge in [-0.1, -0.05) is 6.92 Å². The summed E-state index contributed by atoms with van der Waals surface area (Å²) >= 11 is 0. The van der Waals surface area contributed by atoms with E-state index in [1.165, 1.54) is 6.42 Å². The molecule has 3 fully saturated rings. The molecule has 1 aromatic heterocycles. The van der Waals surface area contributed by atoms with Crippen molar-refractivity contribution in [2.75, 3.05) is 37.6 Å². The number of aromatic nitrogens is 2. The molecule has 0 radical (unpaired) electrons. The summed E-state index contributed by atoms with van der Waals surface area (Å²) < 4.78 is 0. The van der Waals surface area contributed by atoms with E-state index in [0.29, 0.717) is 51.0 Å². The summed E-state index contributed by atoms with van der Waals surface area (Å²) in [7, 11) is 0. The summed E-state index contributed by atoms with van der Waals surface area (Å²) in [6, 6.07) is 2.11. The highest BCUT2D eigenvalue weighted by Gasteiger charge is 2.60. The van der Waals surface area contributed by atoms with Crippen LogP contribution in [0.1, 0.15) is 45.4 Å². The van der Waals surface area contributed by atoms with Gasteiger partial charge in [-0.15, -0.1) is 0 Å². The van der Waals surface area contributed by atoms with Crippen molar-refractivity contribution in [2.45, 2.75) is 51.5 Å². The molecule has 146 valence electrons. The quantitative estimate of drug-likeness (QED) is 0.754. The second-order valence-electron chi connectivity index (χ2n) is 7.97. The molecule has 0 N–H and O–H groups in total. The normalized spacial score (nSPS) is 24.6. The summed E-state index contributed by atoms with van der Waals surface area (Å²) in [6.07, 6.45) is 9.18. The van der Waals surface area contributed by atoms with Gasteiger partial charge in [0.2, 0.25) is 17.8 Å². The van der Waals surface area contributed by atoms with Crippen LogP contribution >= 0.6 is 0 Å². The zero-order chi connectivity index (χ0) is 18.9. The highest BCUT2D eigenvalue weighted by atomic mass is 16.2. The first-order valence-electron chi connectivity index (χ1n) is 10.3. The Balaban J connectivity index is 1.40. The van der Waals surface area contributed by atoms with E-state index in [2.05, 4.69) is 21.8 Å². The molecule has 0 aromatic carbocycles. The Hall–Kier alpha value is -2.18. The van der Waals surface area contributed by atoms with Crippen molar-refractivity contribution in [2.24, 2.45) is 5.41 Å². The van der Waals surface area contributed by atoms with Gasteiger partial charge in [0.25, 0.3) is 0 Å². The molecule has 7 nitrogen and oxygen atoms in total. The molecule has 1 aromatic rings. The number of amides is 2. The van der Waals surface area contributed by atoms with Gasteiger partial charge in [0, 0.05) is 51.2 Å².